The van der Waals surface area contributed by atoms with Gasteiger partial charge in [-0.3, -0.25) is 13.9 Å². The standard InChI is InChI=1S/C35H39N3O5S/c1-4-23-36-35(40)33(24-28-14-7-5-8-15-28)37(25-29-16-12-11-13-27(29)2)34(39)26-38(30-17-9-6-10-18-30)44(41,42)32-21-19-31(43-3)20-22-32/h5-22,33H,4,23-26H2,1-3H3,(H,36,40). The van der Waals surface area contributed by atoms with Gasteiger partial charge in [-0.05, 0) is 66.4 Å². The van der Waals surface area contributed by atoms with Crippen molar-refractivity contribution in [1.82, 2.24) is 10.2 Å². The van der Waals surface area contributed by atoms with Gasteiger partial charge in [-0.1, -0.05) is 79.7 Å². The Bertz CT molecular complexity index is 1630. The minimum absolute atomic E-state index is 0.0157. The summed E-state index contributed by atoms with van der Waals surface area (Å²) in [5, 5.41) is 2.96. The predicted octanol–water partition coefficient (Wildman–Crippen LogP) is 5.37. The number of sulfonamides is 1. The summed E-state index contributed by atoms with van der Waals surface area (Å²) < 4.78 is 34.5. The van der Waals surface area contributed by atoms with Crippen molar-refractivity contribution < 1.29 is 22.7 Å². The molecule has 230 valence electrons. The smallest absolute Gasteiger partial charge is 0.264 e. The molecule has 4 aromatic rings. The first-order valence-corrected chi connectivity index (χ1v) is 16.1. The molecule has 0 spiro atoms. The SMILES string of the molecule is CCCNC(=O)C(Cc1ccccc1)N(Cc1ccccc1C)C(=O)CN(c1ccccc1)S(=O)(=O)c1ccc(OC)cc1. The first-order chi connectivity index (χ1) is 21.2. The van der Waals surface area contributed by atoms with Crippen LogP contribution in [0.25, 0.3) is 0 Å². The molecule has 8 nitrogen and oxygen atoms in total. The van der Waals surface area contributed by atoms with Gasteiger partial charge in [-0.2, -0.15) is 0 Å². The van der Waals surface area contributed by atoms with Crippen molar-refractivity contribution in [3.63, 3.8) is 0 Å². The van der Waals surface area contributed by atoms with Crippen LogP contribution in [0.2, 0.25) is 0 Å². The maximum absolute atomic E-state index is 14.5. The van der Waals surface area contributed by atoms with Crippen molar-refractivity contribution in [2.24, 2.45) is 0 Å². The van der Waals surface area contributed by atoms with E-state index in [-0.39, 0.29) is 23.8 Å². The Kier molecular flexibility index (Phi) is 11.2. The Balaban J connectivity index is 1.78. The Labute approximate surface area is 260 Å². The molecule has 0 fully saturated rings. The molecule has 9 heteroatoms. The molecule has 4 rings (SSSR count). The number of hydrogen-bond donors (Lipinski definition) is 1. The van der Waals surface area contributed by atoms with Crippen LogP contribution in [-0.4, -0.2) is 51.4 Å². The second-order valence-electron chi connectivity index (χ2n) is 10.5. The lowest BCUT2D eigenvalue weighted by molar-refractivity contribution is -0.140. The summed E-state index contributed by atoms with van der Waals surface area (Å²) in [6.45, 7) is 4.00. The van der Waals surface area contributed by atoms with Gasteiger partial charge in [-0.25, -0.2) is 8.42 Å². The number of aryl methyl sites for hydroxylation is 1. The van der Waals surface area contributed by atoms with Gasteiger partial charge in [0.1, 0.15) is 18.3 Å². The van der Waals surface area contributed by atoms with Crippen molar-refractivity contribution in [3.8, 4) is 5.75 Å². The number of nitrogens with one attached hydrogen (secondary N) is 1. The zero-order valence-corrected chi connectivity index (χ0v) is 26.2. The van der Waals surface area contributed by atoms with Crippen LogP contribution in [0.4, 0.5) is 5.69 Å². The van der Waals surface area contributed by atoms with Gasteiger partial charge in [-0.15, -0.1) is 0 Å². The molecule has 44 heavy (non-hydrogen) atoms. The third-order valence-corrected chi connectivity index (χ3v) is 9.18. The lowest BCUT2D eigenvalue weighted by Gasteiger charge is -2.34. The molecule has 0 radical (unpaired) electrons. The first kappa shape index (κ1) is 32.3. The minimum Gasteiger partial charge on any atom is -0.497 e. The van der Waals surface area contributed by atoms with Crippen LogP contribution in [0.3, 0.4) is 0 Å². The number of rotatable bonds is 14. The summed E-state index contributed by atoms with van der Waals surface area (Å²) in [5.74, 6) is -0.277. The summed E-state index contributed by atoms with van der Waals surface area (Å²) in [5.41, 5.74) is 3.05. The number of carbonyl (C=O) groups is 2. The Morgan fingerprint density at radius 3 is 2.07 bits per heavy atom. The van der Waals surface area contributed by atoms with Crippen molar-refractivity contribution in [2.75, 3.05) is 24.5 Å². The molecule has 1 N–H and O–H groups in total. The Morgan fingerprint density at radius 2 is 1.45 bits per heavy atom. The van der Waals surface area contributed by atoms with E-state index in [0.717, 1.165) is 27.4 Å². The summed E-state index contributed by atoms with van der Waals surface area (Å²) in [6, 6.07) is 30.9. The second kappa shape index (κ2) is 15.2. The molecular formula is C35H39N3O5S. The third-order valence-electron chi connectivity index (χ3n) is 7.39. The number of carbonyl (C=O) groups excluding carboxylic acids is 2. The van der Waals surface area contributed by atoms with Crippen molar-refractivity contribution in [1.29, 1.82) is 0 Å². The van der Waals surface area contributed by atoms with E-state index in [0.29, 0.717) is 18.0 Å². The number of ether oxygens (including phenoxy) is 1. The average Bonchev–Trinajstić information content (AvgIpc) is 3.05. The van der Waals surface area contributed by atoms with E-state index in [4.69, 9.17) is 4.74 Å². The highest BCUT2D eigenvalue weighted by molar-refractivity contribution is 7.92. The lowest BCUT2D eigenvalue weighted by Crippen LogP contribution is -2.53. The summed E-state index contributed by atoms with van der Waals surface area (Å²) in [7, 11) is -2.67. The first-order valence-electron chi connectivity index (χ1n) is 14.6. The molecule has 0 aliphatic rings. The van der Waals surface area contributed by atoms with E-state index in [1.807, 2.05) is 68.4 Å². The van der Waals surface area contributed by atoms with E-state index in [2.05, 4.69) is 5.32 Å². The highest BCUT2D eigenvalue weighted by Gasteiger charge is 2.34. The zero-order chi connectivity index (χ0) is 31.5. The van der Waals surface area contributed by atoms with Gasteiger partial charge in [0, 0.05) is 19.5 Å². The van der Waals surface area contributed by atoms with E-state index in [9.17, 15) is 18.0 Å². The van der Waals surface area contributed by atoms with Gasteiger partial charge in [0.15, 0.2) is 0 Å². The number of anilines is 1. The van der Waals surface area contributed by atoms with Gasteiger partial charge in [0.25, 0.3) is 10.0 Å². The van der Waals surface area contributed by atoms with Crippen LogP contribution in [0, 0.1) is 6.92 Å². The van der Waals surface area contributed by atoms with E-state index < -0.39 is 28.5 Å². The van der Waals surface area contributed by atoms with Crippen LogP contribution in [-0.2, 0) is 32.6 Å². The Hall–Kier alpha value is -4.63. The summed E-state index contributed by atoms with van der Waals surface area (Å²) in [4.78, 5) is 29.7. The fraction of sp³-hybridized carbons (Fsp3) is 0.257. The Morgan fingerprint density at radius 1 is 0.841 bits per heavy atom. The van der Waals surface area contributed by atoms with Gasteiger partial charge in [0.2, 0.25) is 11.8 Å². The molecule has 0 aromatic heterocycles. The van der Waals surface area contributed by atoms with Crippen molar-refractivity contribution >= 4 is 27.5 Å². The highest BCUT2D eigenvalue weighted by atomic mass is 32.2. The van der Waals surface area contributed by atoms with Crippen LogP contribution < -0.4 is 14.4 Å². The van der Waals surface area contributed by atoms with Crippen molar-refractivity contribution in [2.45, 2.75) is 44.2 Å². The van der Waals surface area contributed by atoms with Crippen LogP contribution >= 0.6 is 0 Å². The monoisotopic (exact) mass is 613 g/mol. The number of hydrogen-bond acceptors (Lipinski definition) is 5. The zero-order valence-electron chi connectivity index (χ0n) is 25.3. The molecule has 4 aromatic carbocycles. The maximum Gasteiger partial charge on any atom is 0.264 e. The van der Waals surface area contributed by atoms with Crippen LogP contribution in [0.5, 0.6) is 5.75 Å². The molecule has 2 amide bonds. The fourth-order valence-electron chi connectivity index (χ4n) is 4.89. The molecular weight excluding hydrogens is 574 g/mol. The fourth-order valence-corrected chi connectivity index (χ4v) is 6.30. The molecule has 1 unspecified atom stereocenters. The topological polar surface area (TPSA) is 96.0 Å². The molecule has 0 saturated heterocycles. The number of para-hydroxylation sites is 1. The normalized spacial score (nSPS) is 11.8. The second-order valence-corrected chi connectivity index (χ2v) is 12.3. The third kappa shape index (κ3) is 8.05. The van der Waals surface area contributed by atoms with Gasteiger partial charge >= 0.3 is 0 Å². The van der Waals surface area contributed by atoms with Crippen LogP contribution in [0.15, 0.2) is 114 Å². The van der Waals surface area contributed by atoms with Gasteiger partial charge < -0.3 is 15.0 Å². The predicted molar refractivity (Wildman–Crippen MR) is 173 cm³/mol. The number of nitrogens with zero attached hydrogens (tertiary/aromatic N) is 2. The molecule has 0 bridgehead atoms. The lowest BCUT2D eigenvalue weighted by atomic mass is 10.0. The minimum atomic E-state index is -4.18. The largest absolute Gasteiger partial charge is 0.497 e. The van der Waals surface area contributed by atoms with E-state index in [1.165, 1.54) is 24.1 Å². The van der Waals surface area contributed by atoms with Crippen LogP contribution in [0.1, 0.15) is 30.0 Å². The average molecular weight is 614 g/mol. The molecule has 0 heterocycles. The van der Waals surface area contributed by atoms with E-state index in [1.54, 1.807) is 42.5 Å². The molecule has 1 atom stereocenters. The molecule has 0 saturated carbocycles. The van der Waals surface area contributed by atoms with E-state index >= 15 is 0 Å². The van der Waals surface area contributed by atoms with Gasteiger partial charge in [0.05, 0.1) is 17.7 Å². The quantitative estimate of drug-likeness (QED) is 0.207. The number of methoxy groups -OCH3 is 1. The highest BCUT2D eigenvalue weighted by Crippen LogP contribution is 2.26. The number of amides is 2. The maximum atomic E-state index is 14.5. The summed E-state index contributed by atoms with van der Waals surface area (Å²) >= 11 is 0. The molecule has 0 aliphatic carbocycles. The number of benzene rings is 4. The van der Waals surface area contributed by atoms with Crippen molar-refractivity contribution in [3.05, 3.63) is 126 Å². The summed E-state index contributed by atoms with van der Waals surface area (Å²) in [6.07, 6.45) is 1.00. The molecule has 0 aliphatic heterocycles.